The van der Waals surface area contributed by atoms with E-state index in [9.17, 15) is 0 Å². The maximum atomic E-state index is 8.93. The van der Waals surface area contributed by atoms with E-state index < -0.39 is 11.9 Å². The highest BCUT2D eigenvalue weighted by Gasteiger charge is 2.43. The van der Waals surface area contributed by atoms with Crippen molar-refractivity contribution in [3.8, 4) is 0 Å². The number of rotatable bonds is 0. The third-order valence-corrected chi connectivity index (χ3v) is 3.89. The monoisotopic (exact) mass is 286 g/mol. The zero-order valence-corrected chi connectivity index (χ0v) is 11.1. The molecular formula is C12H18N2O6-2. The summed E-state index contributed by atoms with van der Waals surface area (Å²) in [5, 5.41) is 24.5. The van der Waals surface area contributed by atoms with Gasteiger partial charge in [-0.1, -0.05) is 0 Å². The molecule has 4 rings (SSSR count). The number of ether oxygens (including phenoxy) is 2. The molecule has 114 valence electrons. The lowest BCUT2D eigenvalue weighted by atomic mass is 9.86. The molecule has 0 aromatic heterocycles. The number of carbonyl (C=O) groups excluding carboxylic acids is 2. The number of carboxylic acids is 2. The number of hydrogen-bond donors (Lipinski definition) is 2. The van der Waals surface area contributed by atoms with Gasteiger partial charge in [-0.2, -0.15) is 0 Å². The molecule has 4 aliphatic heterocycles. The second kappa shape index (κ2) is 6.04. The van der Waals surface area contributed by atoms with Crippen LogP contribution >= 0.6 is 0 Å². The molecule has 0 aromatic rings. The van der Waals surface area contributed by atoms with Gasteiger partial charge in [0.1, 0.15) is 0 Å². The van der Waals surface area contributed by atoms with Crippen molar-refractivity contribution >= 4 is 11.9 Å². The van der Waals surface area contributed by atoms with Crippen LogP contribution in [0.4, 0.5) is 0 Å². The molecule has 4 fully saturated rings. The molecule has 8 nitrogen and oxygen atoms in total. The summed E-state index contributed by atoms with van der Waals surface area (Å²) in [5.41, 5.74) is 0.944. The van der Waals surface area contributed by atoms with Crippen LogP contribution in [-0.4, -0.2) is 62.5 Å². The molecule has 0 unspecified atom stereocenters. The van der Waals surface area contributed by atoms with E-state index in [0.29, 0.717) is 11.1 Å². The first kappa shape index (κ1) is 15.2. The molecular weight excluding hydrogens is 268 g/mol. The topological polar surface area (TPSA) is 123 Å². The Hall–Kier alpha value is -1.22. The van der Waals surface area contributed by atoms with Gasteiger partial charge in [-0.25, -0.2) is 0 Å². The zero-order chi connectivity index (χ0) is 14.6. The van der Waals surface area contributed by atoms with Crippen LogP contribution in [0.1, 0.15) is 12.8 Å². The molecule has 0 bridgehead atoms. The summed E-state index contributed by atoms with van der Waals surface area (Å²) in [5.74, 6) is -4.37. The first-order valence-corrected chi connectivity index (χ1v) is 6.55. The van der Waals surface area contributed by atoms with Gasteiger partial charge in [-0.15, -0.1) is 0 Å². The molecule has 2 N–H and O–H groups in total. The molecule has 8 heteroatoms. The average molecular weight is 286 g/mol. The molecule has 4 aliphatic rings. The molecule has 0 aromatic carbocycles. The Bertz CT molecular complexity index is 303. The van der Waals surface area contributed by atoms with Crippen molar-refractivity contribution in [2.45, 2.75) is 23.9 Å². The molecule has 2 spiro atoms. The molecule has 0 amide bonds. The maximum Gasteiger partial charge on any atom is 0.0870 e. The van der Waals surface area contributed by atoms with Crippen molar-refractivity contribution in [3.05, 3.63) is 0 Å². The summed E-state index contributed by atoms with van der Waals surface area (Å²) in [4.78, 5) is 17.9. The van der Waals surface area contributed by atoms with E-state index >= 15 is 0 Å². The van der Waals surface area contributed by atoms with Gasteiger partial charge in [-0.05, 0) is 25.9 Å². The number of carboxylic acid groups (broad SMARTS) is 2. The third kappa shape index (κ3) is 3.45. The lowest BCUT2D eigenvalue weighted by molar-refractivity contribution is -0.345. The van der Waals surface area contributed by atoms with Crippen LogP contribution in [0.5, 0.6) is 0 Å². The van der Waals surface area contributed by atoms with Crippen molar-refractivity contribution in [2.24, 2.45) is 0 Å². The largest absolute Gasteiger partial charge is 0.543 e. The number of hydrogen-bond acceptors (Lipinski definition) is 8. The van der Waals surface area contributed by atoms with Gasteiger partial charge in [0.25, 0.3) is 0 Å². The van der Waals surface area contributed by atoms with E-state index in [1.54, 1.807) is 0 Å². The Balaban J connectivity index is 0.000000111. The second-order valence-corrected chi connectivity index (χ2v) is 5.47. The van der Waals surface area contributed by atoms with E-state index in [0.717, 1.165) is 26.4 Å². The third-order valence-electron chi connectivity index (χ3n) is 3.89. The first-order valence-electron chi connectivity index (χ1n) is 6.55. The van der Waals surface area contributed by atoms with Crippen molar-refractivity contribution in [1.82, 2.24) is 10.6 Å². The first-order chi connectivity index (χ1) is 9.47. The standard InChI is InChI=1S/2C5H9NO.C2H2O4/c2*1-2-6-5(1)3-7-4-5;3-1(4)2(5)6/h2*6H,1-4H2;(H,3,4)(H,5,6)/p-2. The van der Waals surface area contributed by atoms with E-state index in [1.807, 2.05) is 0 Å². The highest BCUT2D eigenvalue weighted by atomic mass is 16.5. The molecule has 0 saturated carbocycles. The Morgan fingerprint density at radius 3 is 1.10 bits per heavy atom. The Kier molecular flexibility index (Phi) is 4.59. The molecule has 0 atom stereocenters. The fraction of sp³-hybridized carbons (Fsp3) is 0.833. The Morgan fingerprint density at radius 2 is 1.10 bits per heavy atom. The lowest BCUT2D eigenvalue weighted by Gasteiger charge is -2.49. The smallest absolute Gasteiger partial charge is 0.0870 e. The van der Waals surface area contributed by atoms with Gasteiger partial charge in [0.2, 0.25) is 0 Å². The summed E-state index contributed by atoms with van der Waals surface area (Å²) in [6.45, 7) is 6.20. The van der Waals surface area contributed by atoms with Crippen LogP contribution in [0.3, 0.4) is 0 Å². The molecule has 20 heavy (non-hydrogen) atoms. The summed E-state index contributed by atoms with van der Waals surface area (Å²) in [6, 6.07) is 0. The van der Waals surface area contributed by atoms with E-state index in [1.165, 1.54) is 25.9 Å². The van der Waals surface area contributed by atoms with Gasteiger partial charge in [-0.3, -0.25) is 0 Å². The van der Waals surface area contributed by atoms with Crippen LogP contribution in [-0.2, 0) is 19.1 Å². The van der Waals surface area contributed by atoms with E-state index in [4.69, 9.17) is 29.3 Å². The highest BCUT2D eigenvalue weighted by molar-refractivity contribution is 6.25. The predicted octanol–water partition coefficient (Wildman–Crippen LogP) is -4.02. The van der Waals surface area contributed by atoms with Crippen LogP contribution in [0, 0.1) is 0 Å². The van der Waals surface area contributed by atoms with E-state index in [2.05, 4.69) is 10.6 Å². The Labute approximate surface area is 116 Å². The quantitative estimate of drug-likeness (QED) is 0.432. The van der Waals surface area contributed by atoms with Crippen LogP contribution in [0.2, 0.25) is 0 Å². The minimum Gasteiger partial charge on any atom is -0.543 e. The van der Waals surface area contributed by atoms with Crippen LogP contribution in [0.15, 0.2) is 0 Å². The number of carbonyl (C=O) groups is 2. The van der Waals surface area contributed by atoms with Crippen molar-refractivity contribution in [3.63, 3.8) is 0 Å². The summed E-state index contributed by atoms with van der Waals surface area (Å²) in [6.07, 6.45) is 2.65. The van der Waals surface area contributed by atoms with Gasteiger partial charge >= 0.3 is 0 Å². The SMILES string of the molecule is C1CC2(COC2)N1.C1CC2(COC2)N1.O=C([O-])C(=O)[O-]. The van der Waals surface area contributed by atoms with Crippen molar-refractivity contribution in [2.75, 3.05) is 39.5 Å². The van der Waals surface area contributed by atoms with Gasteiger partial charge < -0.3 is 39.9 Å². The van der Waals surface area contributed by atoms with Gasteiger partial charge in [0.15, 0.2) is 0 Å². The second-order valence-electron chi connectivity index (χ2n) is 5.47. The molecule has 4 saturated heterocycles. The molecule has 4 heterocycles. The summed E-state index contributed by atoms with van der Waals surface area (Å²) < 4.78 is 10.0. The highest BCUT2D eigenvalue weighted by Crippen LogP contribution is 2.27. The van der Waals surface area contributed by atoms with Crippen molar-refractivity contribution in [1.29, 1.82) is 0 Å². The average Bonchev–Trinajstić information content (AvgIpc) is 2.08. The van der Waals surface area contributed by atoms with E-state index in [-0.39, 0.29) is 0 Å². The van der Waals surface area contributed by atoms with Crippen molar-refractivity contribution < 1.29 is 29.3 Å². The lowest BCUT2D eigenvalue weighted by Crippen LogP contribution is -2.68. The number of nitrogens with one attached hydrogen (secondary N) is 2. The van der Waals surface area contributed by atoms with Gasteiger partial charge in [0.05, 0.1) is 49.4 Å². The fourth-order valence-corrected chi connectivity index (χ4v) is 2.15. The van der Waals surface area contributed by atoms with Crippen LogP contribution in [0.25, 0.3) is 0 Å². The maximum absolute atomic E-state index is 8.93. The minimum absolute atomic E-state index is 0.472. The predicted molar refractivity (Wildman–Crippen MR) is 62.4 cm³/mol. The van der Waals surface area contributed by atoms with Crippen LogP contribution < -0.4 is 20.8 Å². The fourth-order valence-electron chi connectivity index (χ4n) is 2.15. The zero-order valence-electron chi connectivity index (χ0n) is 11.1. The number of aliphatic carboxylic acids is 2. The summed E-state index contributed by atoms with van der Waals surface area (Å²) >= 11 is 0. The normalized spacial score (nSPS) is 26.2. The van der Waals surface area contributed by atoms with Gasteiger partial charge in [0, 0.05) is 0 Å². The summed E-state index contributed by atoms with van der Waals surface area (Å²) in [7, 11) is 0. The Morgan fingerprint density at radius 1 is 0.800 bits per heavy atom. The molecule has 0 aliphatic carbocycles. The molecule has 0 radical (unpaired) electrons. The minimum atomic E-state index is -2.19.